The average Bonchev–Trinajstić information content (AvgIpc) is 3.19. The minimum atomic E-state index is 0.126. The van der Waals surface area contributed by atoms with Crippen LogP contribution in [0.25, 0.3) is 0 Å². The van der Waals surface area contributed by atoms with Crippen molar-refractivity contribution in [1.29, 1.82) is 0 Å². The number of aryl methyl sites for hydroxylation is 2. The van der Waals surface area contributed by atoms with E-state index in [2.05, 4.69) is 22.4 Å². The van der Waals surface area contributed by atoms with Gasteiger partial charge in [-0.15, -0.1) is 0 Å². The molecular weight excluding hydrogens is 312 g/mol. The van der Waals surface area contributed by atoms with E-state index in [4.69, 9.17) is 5.73 Å². The molecule has 128 valence electrons. The third-order valence-electron chi connectivity index (χ3n) is 4.90. The smallest absolute Gasteiger partial charge is 0.231 e. The fraction of sp³-hybridized carbons (Fsp3) is 0.300. The van der Waals surface area contributed by atoms with Crippen LogP contribution in [-0.2, 0) is 24.1 Å². The maximum absolute atomic E-state index is 12.1. The number of hydrogen-bond acceptors (Lipinski definition) is 2. The molecule has 2 aromatic rings. The number of nitrogens with two attached hydrogens (primary N) is 1. The molecule has 0 saturated heterocycles. The van der Waals surface area contributed by atoms with Gasteiger partial charge < -0.3 is 16.0 Å². The lowest BCUT2D eigenvalue weighted by atomic mass is 10.1. The molecule has 0 spiro atoms. The van der Waals surface area contributed by atoms with Crippen LogP contribution in [0.15, 0.2) is 47.5 Å². The van der Waals surface area contributed by atoms with Gasteiger partial charge in [-0.05, 0) is 54.2 Å². The first-order valence-corrected chi connectivity index (χ1v) is 8.78. The summed E-state index contributed by atoms with van der Waals surface area (Å²) < 4.78 is 0. The van der Waals surface area contributed by atoms with Crippen molar-refractivity contribution in [3.63, 3.8) is 0 Å². The van der Waals surface area contributed by atoms with Crippen molar-refractivity contribution in [3.8, 4) is 0 Å². The van der Waals surface area contributed by atoms with Crippen molar-refractivity contribution in [2.75, 3.05) is 23.3 Å². The number of aliphatic imine (C=N–C) groups is 1. The van der Waals surface area contributed by atoms with Gasteiger partial charge in [0.1, 0.15) is 0 Å². The van der Waals surface area contributed by atoms with E-state index < -0.39 is 0 Å². The second-order valence-electron chi connectivity index (χ2n) is 6.58. The van der Waals surface area contributed by atoms with E-state index in [1.165, 1.54) is 24.0 Å². The van der Waals surface area contributed by atoms with Crippen LogP contribution < -0.4 is 16.0 Å². The summed E-state index contributed by atoms with van der Waals surface area (Å²) >= 11 is 0. The zero-order valence-electron chi connectivity index (χ0n) is 14.2. The maximum atomic E-state index is 12.1. The molecule has 0 bridgehead atoms. The zero-order valence-corrected chi connectivity index (χ0v) is 14.2. The molecule has 0 aromatic heterocycles. The highest BCUT2D eigenvalue weighted by Gasteiger charge is 2.25. The number of carbonyl (C=O) groups excluding carboxylic acids is 1. The first-order chi connectivity index (χ1) is 12.2. The molecule has 2 aromatic carbocycles. The van der Waals surface area contributed by atoms with Crippen molar-refractivity contribution in [3.05, 3.63) is 59.2 Å². The highest BCUT2D eigenvalue weighted by atomic mass is 16.2. The van der Waals surface area contributed by atoms with Crippen LogP contribution >= 0.6 is 0 Å². The Bertz CT molecular complexity index is 843. The number of amides is 1. The van der Waals surface area contributed by atoms with Crippen molar-refractivity contribution in [1.82, 2.24) is 0 Å². The largest absolute Gasteiger partial charge is 0.370 e. The Hall–Kier alpha value is -2.82. The summed E-state index contributed by atoms with van der Waals surface area (Å²) in [5, 5.41) is 3.15. The second-order valence-corrected chi connectivity index (χ2v) is 6.58. The third kappa shape index (κ3) is 3.22. The number of benzene rings is 2. The van der Waals surface area contributed by atoms with Gasteiger partial charge >= 0.3 is 0 Å². The van der Waals surface area contributed by atoms with E-state index in [0.717, 1.165) is 23.4 Å². The first-order valence-electron chi connectivity index (χ1n) is 8.78. The van der Waals surface area contributed by atoms with E-state index in [-0.39, 0.29) is 5.91 Å². The summed E-state index contributed by atoms with van der Waals surface area (Å²) in [7, 11) is 0. The standard InChI is InChI=1S/C20H22N4O/c21-20(23-17-9-8-14-5-3-6-15(14)12-17)22-10-11-24-18-7-2-1-4-16(18)13-19(24)25/h1-2,4,7-9,12H,3,5-6,10-11,13H2,(H3,21,22,23). The lowest BCUT2D eigenvalue weighted by Gasteiger charge is -2.16. The van der Waals surface area contributed by atoms with Gasteiger partial charge in [-0.3, -0.25) is 9.79 Å². The molecule has 1 aliphatic carbocycles. The Labute approximate surface area is 147 Å². The summed E-state index contributed by atoms with van der Waals surface area (Å²) in [5.74, 6) is 0.513. The van der Waals surface area contributed by atoms with Crippen LogP contribution in [0.1, 0.15) is 23.1 Å². The van der Waals surface area contributed by atoms with E-state index >= 15 is 0 Å². The van der Waals surface area contributed by atoms with Crippen LogP contribution in [0.5, 0.6) is 0 Å². The lowest BCUT2D eigenvalue weighted by Crippen LogP contribution is -2.31. The summed E-state index contributed by atoms with van der Waals surface area (Å²) in [4.78, 5) is 18.3. The number of nitrogens with one attached hydrogen (secondary N) is 1. The fourth-order valence-electron chi connectivity index (χ4n) is 3.67. The summed E-state index contributed by atoms with van der Waals surface area (Å²) in [6.45, 7) is 1.02. The first kappa shape index (κ1) is 15.7. The van der Waals surface area contributed by atoms with Gasteiger partial charge in [0.2, 0.25) is 5.91 Å². The number of fused-ring (bicyclic) bond motifs is 2. The van der Waals surface area contributed by atoms with E-state index in [0.29, 0.717) is 25.5 Å². The topological polar surface area (TPSA) is 70.7 Å². The zero-order chi connectivity index (χ0) is 17.2. The number of nitrogens with zero attached hydrogens (tertiary/aromatic N) is 2. The number of carbonyl (C=O) groups is 1. The van der Waals surface area contributed by atoms with Crippen molar-refractivity contribution >= 4 is 23.2 Å². The molecule has 0 radical (unpaired) electrons. The van der Waals surface area contributed by atoms with Crippen molar-refractivity contribution < 1.29 is 4.79 Å². The molecule has 25 heavy (non-hydrogen) atoms. The highest BCUT2D eigenvalue weighted by Crippen LogP contribution is 2.28. The van der Waals surface area contributed by atoms with E-state index in [9.17, 15) is 4.79 Å². The highest BCUT2D eigenvalue weighted by molar-refractivity contribution is 6.01. The van der Waals surface area contributed by atoms with Gasteiger partial charge in [-0.25, -0.2) is 0 Å². The molecule has 5 heteroatoms. The lowest BCUT2D eigenvalue weighted by molar-refractivity contribution is -0.117. The van der Waals surface area contributed by atoms with Crippen molar-refractivity contribution in [2.24, 2.45) is 10.7 Å². The van der Waals surface area contributed by atoms with Crippen LogP contribution in [0.2, 0.25) is 0 Å². The Morgan fingerprint density at radius 3 is 2.88 bits per heavy atom. The summed E-state index contributed by atoms with van der Waals surface area (Å²) in [5.41, 5.74) is 11.9. The molecule has 5 nitrogen and oxygen atoms in total. The van der Waals surface area contributed by atoms with E-state index in [1.54, 1.807) is 4.90 Å². The van der Waals surface area contributed by atoms with Gasteiger partial charge in [0, 0.05) is 17.9 Å². The summed E-state index contributed by atoms with van der Waals surface area (Å²) in [6.07, 6.45) is 4.01. The third-order valence-corrected chi connectivity index (χ3v) is 4.90. The molecule has 3 N–H and O–H groups in total. The number of guanidine groups is 1. The molecule has 0 saturated carbocycles. The summed E-state index contributed by atoms with van der Waals surface area (Å²) in [6, 6.07) is 14.3. The monoisotopic (exact) mass is 334 g/mol. The van der Waals surface area contributed by atoms with Crippen molar-refractivity contribution in [2.45, 2.75) is 25.7 Å². The Kier molecular flexibility index (Phi) is 4.14. The SMILES string of the molecule is NC(=NCCN1C(=O)Cc2ccccc21)Nc1ccc2c(c1)CCC2. The Morgan fingerprint density at radius 2 is 1.96 bits per heavy atom. The fourth-order valence-corrected chi connectivity index (χ4v) is 3.67. The molecule has 1 aliphatic heterocycles. The molecule has 0 unspecified atom stereocenters. The van der Waals surface area contributed by atoms with E-state index in [1.807, 2.05) is 30.3 Å². The quantitative estimate of drug-likeness (QED) is 0.667. The van der Waals surface area contributed by atoms with Gasteiger partial charge in [0.05, 0.1) is 13.0 Å². The van der Waals surface area contributed by atoms with Gasteiger partial charge in [0.15, 0.2) is 5.96 Å². The van der Waals surface area contributed by atoms with Gasteiger partial charge in [-0.1, -0.05) is 24.3 Å². The number of para-hydroxylation sites is 1. The average molecular weight is 334 g/mol. The molecule has 0 fully saturated rings. The van der Waals surface area contributed by atoms with Crippen LogP contribution in [-0.4, -0.2) is 25.0 Å². The van der Waals surface area contributed by atoms with Crippen LogP contribution in [0.4, 0.5) is 11.4 Å². The minimum absolute atomic E-state index is 0.126. The molecule has 2 aliphatic rings. The molecule has 1 heterocycles. The van der Waals surface area contributed by atoms with Gasteiger partial charge in [-0.2, -0.15) is 0 Å². The minimum Gasteiger partial charge on any atom is -0.370 e. The van der Waals surface area contributed by atoms with Crippen LogP contribution in [0, 0.1) is 0 Å². The molecule has 4 rings (SSSR count). The Morgan fingerprint density at radius 1 is 1.12 bits per heavy atom. The second kappa shape index (κ2) is 6.59. The normalized spacial score (nSPS) is 16.1. The number of rotatable bonds is 4. The number of hydrogen-bond donors (Lipinski definition) is 2. The van der Waals surface area contributed by atoms with Gasteiger partial charge in [0.25, 0.3) is 0 Å². The molecule has 1 amide bonds. The molecular formula is C20H22N4O. The number of anilines is 2. The molecule has 0 atom stereocenters. The predicted molar refractivity (Wildman–Crippen MR) is 101 cm³/mol. The maximum Gasteiger partial charge on any atom is 0.231 e. The Balaban J connectivity index is 1.37. The van der Waals surface area contributed by atoms with Crippen LogP contribution in [0.3, 0.4) is 0 Å². The predicted octanol–water partition coefficient (Wildman–Crippen LogP) is 2.49.